The van der Waals surface area contributed by atoms with Crippen LogP contribution in [0.2, 0.25) is 0 Å². The Kier molecular flexibility index (Phi) is 6.74. The Bertz CT molecular complexity index is 1110. The van der Waals surface area contributed by atoms with Crippen molar-refractivity contribution >= 4 is 11.8 Å². The molecule has 0 amide bonds. The summed E-state index contributed by atoms with van der Waals surface area (Å²) in [7, 11) is 0. The molecule has 0 saturated carbocycles. The molecule has 1 heterocycles. The second kappa shape index (κ2) is 9.23. The summed E-state index contributed by atoms with van der Waals surface area (Å²) in [5, 5.41) is 89.9. The highest BCUT2D eigenvalue weighted by Crippen LogP contribution is 2.47. The lowest BCUT2D eigenvalue weighted by molar-refractivity contribution is -0.232. The van der Waals surface area contributed by atoms with Crippen LogP contribution in [0.25, 0.3) is 0 Å². The summed E-state index contributed by atoms with van der Waals surface area (Å²) in [5.74, 6) is -7.33. The second-order valence-electron chi connectivity index (χ2n) is 7.60. The number of ketones is 1. The van der Waals surface area contributed by atoms with Crippen LogP contribution in [0.3, 0.4) is 0 Å². The Hall–Kier alpha value is -3.78. The predicted molar refractivity (Wildman–Crippen MR) is 109 cm³/mol. The fraction of sp³-hybridized carbons (Fsp3) is 0.333. The van der Waals surface area contributed by atoms with E-state index in [-0.39, 0.29) is 0 Å². The number of phenolic OH excluding ortho intramolecular Hbond substituents is 6. The number of aromatic hydroxyl groups is 6. The van der Waals surface area contributed by atoms with E-state index in [9.17, 15) is 55.5 Å². The Morgan fingerprint density at radius 3 is 2.00 bits per heavy atom. The molecule has 1 fully saturated rings. The highest BCUT2D eigenvalue weighted by Gasteiger charge is 2.49. The van der Waals surface area contributed by atoms with Gasteiger partial charge in [-0.05, 0) is 19.1 Å². The van der Waals surface area contributed by atoms with Crippen LogP contribution in [0, 0.1) is 0 Å². The van der Waals surface area contributed by atoms with E-state index in [2.05, 4.69) is 0 Å². The number of carbonyl (C=O) groups is 2. The van der Waals surface area contributed by atoms with Gasteiger partial charge in [0, 0.05) is 6.07 Å². The number of Topliss-reactive ketones (excluding diaryl/α,β-unsaturated/α-hetero) is 1. The molecule has 2 aromatic rings. The standard InChI is InChI=1S/C21H22O13/c1-6(23)13-8(24)4-9(25)14(17(13)30)19-20(18(31)16(29)12(5-22)33-19)34-21(32)7-2-10(26)15(28)11(27)3-7/h2-4,12,16,18-20,22,24-31H,5H2,1H3. The fourth-order valence-electron chi connectivity index (χ4n) is 3.65. The third-order valence-electron chi connectivity index (χ3n) is 5.35. The number of rotatable bonds is 5. The molecule has 0 spiro atoms. The molecule has 13 nitrogen and oxygen atoms in total. The van der Waals surface area contributed by atoms with Crippen molar-refractivity contribution in [3.63, 3.8) is 0 Å². The third kappa shape index (κ3) is 4.24. The number of carbonyl (C=O) groups excluding carboxylic acids is 2. The van der Waals surface area contributed by atoms with Crippen molar-refractivity contribution in [1.82, 2.24) is 0 Å². The highest BCUT2D eigenvalue weighted by atomic mass is 16.6. The van der Waals surface area contributed by atoms with E-state index in [4.69, 9.17) is 9.47 Å². The van der Waals surface area contributed by atoms with E-state index in [0.717, 1.165) is 19.1 Å². The van der Waals surface area contributed by atoms with E-state index in [1.54, 1.807) is 0 Å². The summed E-state index contributed by atoms with van der Waals surface area (Å²) in [6.45, 7) is 0.169. The fourth-order valence-corrected chi connectivity index (χ4v) is 3.65. The van der Waals surface area contributed by atoms with Crippen molar-refractivity contribution in [2.75, 3.05) is 6.61 Å². The van der Waals surface area contributed by atoms with E-state index in [1.807, 2.05) is 0 Å². The van der Waals surface area contributed by atoms with Crippen LogP contribution in [0.4, 0.5) is 0 Å². The van der Waals surface area contributed by atoms with Gasteiger partial charge < -0.3 is 55.4 Å². The first-order chi connectivity index (χ1) is 15.9. The highest BCUT2D eigenvalue weighted by molar-refractivity contribution is 6.00. The minimum atomic E-state index is -1.97. The number of aliphatic hydroxyl groups excluding tert-OH is 3. The number of aliphatic hydroxyl groups is 3. The monoisotopic (exact) mass is 482 g/mol. The zero-order chi connectivity index (χ0) is 25.5. The SMILES string of the molecule is CC(=O)c1c(O)cc(O)c(C2OC(CO)C(O)C(O)C2OC(=O)c2cc(O)c(O)c(O)c2)c1O. The van der Waals surface area contributed by atoms with Gasteiger partial charge in [0.15, 0.2) is 29.1 Å². The molecule has 9 N–H and O–H groups in total. The van der Waals surface area contributed by atoms with Gasteiger partial charge in [-0.15, -0.1) is 0 Å². The van der Waals surface area contributed by atoms with Crippen LogP contribution in [-0.2, 0) is 9.47 Å². The van der Waals surface area contributed by atoms with Crippen LogP contribution in [0.15, 0.2) is 18.2 Å². The van der Waals surface area contributed by atoms with Gasteiger partial charge in [-0.3, -0.25) is 4.79 Å². The first-order valence-electron chi connectivity index (χ1n) is 9.76. The van der Waals surface area contributed by atoms with E-state index >= 15 is 0 Å². The molecule has 0 aliphatic carbocycles. The molecule has 1 aliphatic heterocycles. The van der Waals surface area contributed by atoms with Gasteiger partial charge in [-0.2, -0.15) is 0 Å². The summed E-state index contributed by atoms with van der Waals surface area (Å²) in [6, 6.07) is 2.17. The molecule has 1 aliphatic rings. The molecule has 0 aromatic heterocycles. The smallest absolute Gasteiger partial charge is 0.338 e. The maximum absolute atomic E-state index is 12.7. The first kappa shape index (κ1) is 24.9. The molecule has 5 atom stereocenters. The van der Waals surface area contributed by atoms with E-state index < -0.39 is 100 Å². The van der Waals surface area contributed by atoms with Gasteiger partial charge in [0.1, 0.15) is 47.2 Å². The Morgan fingerprint density at radius 1 is 0.882 bits per heavy atom. The van der Waals surface area contributed by atoms with Crippen molar-refractivity contribution in [3.8, 4) is 34.5 Å². The molecule has 13 heteroatoms. The normalized spacial score (nSPS) is 24.5. The van der Waals surface area contributed by atoms with Crippen molar-refractivity contribution in [2.45, 2.75) is 37.4 Å². The molecule has 0 radical (unpaired) electrons. The maximum Gasteiger partial charge on any atom is 0.338 e. The lowest BCUT2D eigenvalue weighted by atomic mass is 9.88. The minimum Gasteiger partial charge on any atom is -0.507 e. The average Bonchev–Trinajstić information content (AvgIpc) is 2.75. The summed E-state index contributed by atoms with van der Waals surface area (Å²) in [6.07, 6.45) is -8.92. The van der Waals surface area contributed by atoms with Gasteiger partial charge in [0.2, 0.25) is 0 Å². The Balaban J connectivity index is 2.10. The average molecular weight is 482 g/mol. The largest absolute Gasteiger partial charge is 0.507 e. The molecule has 2 aromatic carbocycles. The zero-order valence-electron chi connectivity index (χ0n) is 17.5. The first-order valence-corrected chi connectivity index (χ1v) is 9.76. The molecular weight excluding hydrogens is 460 g/mol. The van der Waals surface area contributed by atoms with Crippen molar-refractivity contribution in [1.29, 1.82) is 0 Å². The van der Waals surface area contributed by atoms with Crippen LogP contribution < -0.4 is 0 Å². The molecule has 3 rings (SSSR count). The Labute approximate surface area is 190 Å². The zero-order valence-corrected chi connectivity index (χ0v) is 17.5. The quantitative estimate of drug-likeness (QED) is 0.149. The number of benzene rings is 2. The summed E-state index contributed by atoms with van der Waals surface area (Å²) < 4.78 is 10.6. The van der Waals surface area contributed by atoms with Crippen molar-refractivity contribution in [3.05, 3.63) is 34.9 Å². The number of hydrogen-bond donors (Lipinski definition) is 9. The lowest BCUT2D eigenvalue weighted by Gasteiger charge is -2.42. The van der Waals surface area contributed by atoms with Crippen molar-refractivity contribution in [2.24, 2.45) is 0 Å². The lowest BCUT2D eigenvalue weighted by Crippen LogP contribution is -2.56. The van der Waals surface area contributed by atoms with E-state index in [0.29, 0.717) is 6.07 Å². The van der Waals surface area contributed by atoms with E-state index in [1.165, 1.54) is 0 Å². The van der Waals surface area contributed by atoms with Gasteiger partial charge in [0.25, 0.3) is 0 Å². The summed E-state index contributed by atoms with van der Waals surface area (Å²) in [5.41, 5.74) is -1.71. The molecule has 5 unspecified atom stereocenters. The van der Waals surface area contributed by atoms with Gasteiger partial charge in [-0.25, -0.2) is 4.79 Å². The third-order valence-corrected chi connectivity index (χ3v) is 5.35. The summed E-state index contributed by atoms with van der Waals surface area (Å²) in [4.78, 5) is 24.5. The second-order valence-corrected chi connectivity index (χ2v) is 7.60. The minimum absolute atomic E-state index is 0.499. The van der Waals surface area contributed by atoms with Gasteiger partial charge in [-0.1, -0.05) is 0 Å². The number of hydrogen-bond acceptors (Lipinski definition) is 13. The van der Waals surface area contributed by atoms with Crippen LogP contribution >= 0.6 is 0 Å². The summed E-state index contributed by atoms with van der Waals surface area (Å²) >= 11 is 0. The topological polar surface area (TPSA) is 235 Å². The van der Waals surface area contributed by atoms with Gasteiger partial charge >= 0.3 is 5.97 Å². The molecule has 34 heavy (non-hydrogen) atoms. The number of esters is 1. The molecular formula is C21H22O13. The maximum atomic E-state index is 12.7. The molecule has 184 valence electrons. The molecule has 0 bridgehead atoms. The van der Waals surface area contributed by atoms with Crippen LogP contribution in [0.1, 0.15) is 39.3 Å². The molecule has 1 saturated heterocycles. The Morgan fingerprint density at radius 2 is 1.47 bits per heavy atom. The van der Waals surface area contributed by atoms with Crippen LogP contribution in [0.5, 0.6) is 34.5 Å². The number of ether oxygens (including phenoxy) is 2. The van der Waals surface area contributed by atoms with Crippen LogP contribution in [-0.4, -0.2) is 88.7 Å². The van der Waals surface area contributed by atoms with Crippen molar-refractivity contribution < 1.29 is 65.0 Å². The number of phenols is 6. The van der Waals surface area contributed by atoms with Gasteiger partial charge in [0.05, 0.1) is 17.7 Å². The predicted octanol–water partition coefficient (Wildman–Crippen LogP) is -0.498.